The summed E-state index contributed by atoms with van der Waals surface area (Å²) in [5.41, 5.74) is 2.94. The summed E-state index contributed by atoms with van der Waals surface area (Å²) >= 11 is 0. The molecule has 0 bridgehead atoms. The van der Waals surface area contributed by atoms with E-state index in [1.165, 1.54) is 5.56 Å². The van der Waals surface area contributed by atoms with Gasteiger partial charge in [-0.3, -0.25) is 9.78 Å². The van der Waals surface area contributed by atoms with Gasteiger partial charge in [-0.1, -0.05) is 30.3 Å². The molecule has 2 heterocycles. The number of nitrogens with zero attached hydrogens (tertiary/aromatic N) is 2. The van der Waals surface area contributed by atoms with Crippen LogP contribution >= 0.6 is 0 Å². The zero-order chi connectivity index (χ0) is 16.8. The van der Waals surface area contributed by atoms with E-state index in [2.05, 4.69) is 45.5 Å². The van der Waals surface area contributed by atoms with Gasteiger partial charge < -0.3 is 10.2 Å². The van der Waals surface area contributed by atoms with Gasteiger partial charge in [-0.25, -0.2) is 0 Å². The number of carbonyl (C=O) groups is 1. The number of hydrogen-bond donors (Lipinski definition) is 1. The molecule has 0 saturated carbocycles. The number of amides is 1. The largest absolute Gasteiger partial charge is 0.348 e. The number of hydrogen-bond acceptors (Lipinski definition) is 3. The van der Waals surface area contributed by atoms with Crippen LogP contribution in [0, 0.1) is 6.92 Å². The van der Waals surface area contributed by atoms with Crippen LogP contribution in [0.25, 0.3) is 0 Å². The van der Waals surface area contributed by atoms with E-state index >= 15 is 0 Å². The first-order valence-corrected chi connectivity index (χ1v) is 8.70. The summed E-state index contributed by atoms with van der Waals surface area (Å²) in [4.78, 5) is 19.0. The molecule has 4 nitrogen and oxygen atoms in total. The van der Waals surface area contributed by atoms with E-state index in [0.717, 1.165) is 44.6 Å². The predicted molar refractivity (Wildman–Crippen MR) is 96.0 cm³/mol. The Morgan fingerprint density at radius 1 is 1.25 bits per heavy atom. The highest BCUT2D eigenvalue weighted by atomic mass is 16.1. The maximum absolute atomic E-state index is 12.3. The summed E-state index contributed by atoms with van der Waals surface area (Å²) in [6, 6.07) is 14.5. The van der Waals surface area contributed by atoms with Gasteiger partial charge in [0.25, 0.3) is 5.91 Å². The van der Waals surface area contributed by atoms with Gasteiger partial charge in [0, 0.05) is 31.0 Å². The van der Waals surface area contributed by atoms with Gasteiger partial charge in [-0.15, -0.1) is 0 Å². The zero-order valence-corrected chi connectivity index (χ0v) is 14.2. The second-order valence-corrected chi connectivity index (χ2v) is 6.54. The molecule has 1 aromatic heterocycles. The summed E-state index contributed by atoms with van der Waals surface area (Å²) in [6.45, 7) is 5.01. The Kier molecular flexibility index (Phi) is 5.59. The SMILES string of the molecule is Cc1ccc(C(=O)NC2CCCN(CCc3ccccc3)C2)cn1. The Hall–Kier alpha value is -2.20. The highest BCUT2D eigenvalue weighted by Gasteiger charge is 2.21. The fourth-order valence-electron chi connectivity index (χ4n) is 3.18. The molecule has 2 aromatic rings. The van der Waals surface area contributed by atoms with E-state index in [0.29, 0.717) is 5.56 Å². The number of aromatic nitrogens is 1. The quantitative estimate of drug-likeness (QED) is 0.920. The number of rotatable bonds is 5. The molecule has 1 amide bonds. The lowest BCUT2D eigenvalue weighted by Crippen LogP contribution is -2.48. The highest BCUT2D eigenvalue weighted by molar-refractivity contribution is 5.94. The van der Waals surface area contributed by atoms with Crippen molar-refractivity contribution < 1.29 is 4.79 Å². The number of piperidine rings is 1. The Morgan fingerprint density at radius 2 is 2.08 bits per heavy atom. The van der Waals surface area contributed by atoms with Gasteiger partial charge in [0.15, 0.2) is 0 Å². The zero-order valence-electron chi connectivity index (χ0n) is 14.2. The van der Waals surface area contributed by atoms with Gasteiger partial charge >= 0.3 is 0 Å². The third-order valence-corrected chi connectivity index (χ3v) is 4.57. The van der Waals surface area contributed by atoms with Crippen molar-refractivity contribution in [3.05, 3.63) is 65.5 Å². The van der Waals surface area contributed by atoms with Crippen molar-refractivity contribution in [3.8, 4) is 0 Å². The number of aryl methyl sites for hydroxylation is 1. The molecular weight excluding hydrogens is 298 g/mol. The lowest BCUT2D eigenvalue weighted by molar-refractivity contribution is 0.0904. The van der Waals surface area contributed by atoms with E-state index in [4.69, 9.17) is 0 Å². The monoisotopic (exact) mass is 323 g/mol. The van der Waals surface area contributed by atoms with Gasteiger partial charge in [0.1, 0.15) is 0 Å². The number of benzene rings is 1. The molecule has 24 heavy (non-hydrogen) atoms. The third kappa shape index (κ3) is 4.65. The molecule has 1 saturated heterocycles. The van der Waals surface area contributed by atoms with Crippen LogP contribution in [0.5, 0.6) is 0 Å². The van der Waals surface area contributed by atoms with Crippen molar-refractivity contribution in [2.45, 2.75) is 32.2 Å². The van der Waals surface area contributed by atoms with Crippen LogP contribution in [-0.4, -0.2) is 41.5 Å². The van der Waals surface area contributed by atoms with E-state index in [-0.39, 0.29) is 11.9 Å². The highest BCUT2D eigenvalue weighted by Crippen LogP contribution is 2.12. The molecule has 0 aliphatic carbocycles. The average molecular weight is 323 g/mol. The lowest BCUT2D eigenvalue weighted by atomic mass is 10.0. The molecule has 1 aliphatic heterocycles. The molecule has 1 fully saturated rings. The van der Waals surface area contributed by atoms with E-state index in [9.17, 15) is 4.79 Å². The summed E-state index contributed by atoms with van der Waals surface area (Å²) in [7, 11) is 0. The minimum atomic E-state index is -0.0163. The molecule has 126 valence electrons. The molecule has 0 radical (unpaired) electrons. The average Bonchev–Trinajstić information content (AvgIpc) is 2.62. The van der Waals surface area contributed by atoms with Crippen LogP contribution in [0.2, 0.25) is 0 Å². The second-order valence-electron chi connectivity index (χ2n) is 6.54. The van der Waals surface area contributed by atoms with E-state index < -0.39 is 0 Å². The molecule has 1 N–H and O–H groups in total. The Balaban J connectivity index is 1.50. The number of likely N-dealkylation sites (tertiary alicyclic amines) is 1. The van der Waals surface area contributed by atoms with Crippen molar-refractivity contribution in [3.63, 3.8) is 0 Å². The van der Waals surface area contributed by atoms with Crippen molar-refractivity contribution in [1.29, 1.82) is 0 Å². The molecule has 1 aromatic carbocycles. The van der Waals surface area contributed by atoms with Crippen LogP contribution in [-0.2, 0) is 6.42 Å². The first-order valence-electron chi connectivity index (χ1n) is 8.70. The maximum Gasteiger partial charge on any atom is 0.253 e. The minimum Gasteiger partial charge on any atom is -0.348 e. The summed E-state index contributed by atoms with van der Waals surface area (Å²) in [5.74, 6) is -0.0163. The molecule has 1 aliphatic rings. The predicted octanol–water partition coefficient (Wildman–Crippen LogP) is 2.83. The van der Waals surface area contributed by atoms with Gasteiger partial charge in [-0.05, 0) is 50.4 Å². The van der Waals surface area contributed by atoms with Crippen LogP contribution in [0.1, 0.15) is 34.5 Å². The lowest BCUT2D eigenvalue weighted by Gasteiger charge is -2.33. The molecule has 1 unspecified atom stereocenters. The second kappa shape index (κ2) is 8.06. The van der Waals surface area contributed by atoms with Gasteiger partial charge in [0.05, 0.1) is 5.56 Å². The fraction of sp³-hybridized carbons (Fsp3) is 0.400. The molecule has 0 spiro atoms. The third-order valence-electron chi connectivity index (χ3n) is 4.57. The van der Waals surface area contributed by atoms with E-state index in [1.807, 2.05) is 19.1 Å². The van der Waals surface area contributed by atoms with Crippen LogP contribution in [0.4, 0.5) is 0 Å². The van der Waals surface area contributed by atoms with Gasteiger partial charge in [-0.2, -0.15) is 0 Å². The van der Waals surface area contributed by atoms with Crippen LogP contribution < -0.4 is 5.32 Å². The first kappa shape index (κ1) is 16.7. The van der Waals surface area contributed by atoms with Crippen LogP contribution in [0.3, 0.4) is 0 Å². The number of carbonyl (C=O) groups excluding carboxylic acids is 1. The standard InChI is InChI=1S/C20H25N3O/c1-16-9-10-18(14-21-16)20(24)22-19-8-5-12-23(15-19)13-11-17-6-3-2-4-7-17/h2-4,6-7,9-10,14,19H,5,8,11-13,15H2,1H3,(H,22,24). The normalized spacial score (nSPS) is 18.3. The van der Waals surface area contributed by atoms with Crippen LogP contribution in [0.15, 0.2) is 48.7 Å². The molecule has 3 rings (SSSR count). The summed E-state index contributed by atoms with van der Waals surface area (Å²) < 4.78 is 0. The molecular formula is C20H25N3O. The molecule has 1 atom stereocenters. The van der Waals surface area contributed by atoms with Crippen molar-refractivity contribution in [2.75, 3.05) is 19.6 Å². The molecule has 4 heteroatoms. The Morgan fingerprint density at radius 3 is 2.83 bits per heavy atom. The van der Waals surface area contributed by atoms with Gasteiger partial charge in [0.2, 0.25) is 0 Å². The first-order chi connectivity index (χ1) is 11.7. The van der Waals surface area contributed by atoms with Crippen molar-refractivity contribution in [2.24, 2.45) is 0 Å². The van der Waals surface area contributed by atoms with Crippen molar-refractivity contribution >= 4 is 5.91 Å². The number of nitrogens with one attached hydrogen (secondary N) is 1. The minimum absolute atomic E-state index is 0.0163. The summed E-state index contributed by atoms with van der Waals surface area (Å²) in [5, 5.41) is 3.16. The summed E-state index contributed by atoms with van der Waals surface area (Å²) in [6.07, 6.45) is 4.89. The maximum atomic E-state index is 12.3. The Labute approximate surface area is 143 Å². The van der Waals surface area contributed by atoms with Crippen molar-refractivity contribution in [1.82, 2.24) is 15.2 Å². The van der Waals surface area contributed by atoms with E-state index in [1.54, 1.807) is 6.20 Å². The smallest absolute Gasteiger partial charge is 0.253 e. The topological polar surface area (TPSA) is 45.2 Å². The fourth-order valence-corrected chi connectivity index (χ4v) is 3.18. The Bertz CT molecular complexity index is 654. The number of pyridine rings is 1.